The molecule has 0 radical (unpaired) electrons. The van der Waals surface area contributed by atoms with Gasteiger partial charge in [-0.2, -0.15) is 30.7 Å². The Hall–Kier alpha value is 0.130. The summed E-state index contributed by atoms with van der Waals surface area (Å²) in [5.74, 6) is -5.68. The van der Waals surface area contributed by atoms with Gasteiger partial charge in [-0.25, -0.2) is 4.39 Å². The molecule has 31 heavy (non-hydrogen) atoms. The van der Waals surface area contributed by atoms with Gasteiger partial charge in [0.2, 0.25) is 0 Å². The van der Waals surface area contributed by atoms with Crippen molar-refractivity contribution in [3.8, 4) is 0 Å². The van der Waals surface area contributed by atoms with Gasteiger partial charge in [0, 0.05) is 0 Å². The van der Waals surface area contributed by atoms with E-state index in [0.29, 0.717) is 6.42 Å². The number of rotatable bonds is 18. The first-order valence-electron chi connectivity index (χ1n) is 11.1. The van der Waals surface area contributed by atoms with E-state index < -0.39 is 28.5 Å². The Morgan fingerprint density at radius 2 is 0.903 bits per heavy atom. The van der Waals surface area contributed by atoms with Crippen molar-refractivity contribution in [2.24, 2.45) is 0 Å². The van der Waals surface area contributed by atoms with Crippen LogP contribution in [0.15, 0.2) is 0 Å². The molecule has 1 nitrogen and oxygen atoms in total. The highest BCUT2D eigenvalue weighted by molar-refractivity contribution is 14.1. The molecule has 0 rings (SSSR count). The smallest absolute Gasteiger partial charge is 0.332 e. The van der Waals surface area contributed by atoms with Gasteiger partial charge in [0.25, 0.3) is 0 Å². The minimum Gasteiger partial charge on any atom is -0.332 e. The first-order valence-corrected chi connectivity index (χ1v) is 12.2. The number of ether oxygens (including phenoxy) is 1. The molecule has 0 amide bonds. The molecule has 0 aromatic rings. The van der Waals surface area contributed by atoms with E-state index in [0.717, 1.165) is 25.7 Å². The molecule has 1 unspecified atom stereocenters. The molecule has 0 bridgehead atoms. The van der Waals surface area contributed by atoms with Gasteiger partial charge in [-0.3, -0.25) is 0 Å². The zero-order valence-corrected chi connectivity index (χ0v) is 20.3. The summed E-state index contributed by atoms with van der Waals surface area (Å²) in [5.41, 5.74) is 0. The first kappa shape index (κ1) is 31.1. The van der Waals surface area contributed by atoms with Crippen molar-refractivity contribution in [1.29, 1.82) is 0 Å². The number of hydrogen-bond donors (Lipinski definition) is 0. The van der Waals surface area contributed by atoms with Crippen molar-refractivity contribution >= 4 is 22.6 Å². The van der Waals surface area contributed by atoms with Crippen LogP contribution >= 0.6 is 22.6 Å². The van der Waals surface area contributed by atoms with Crippen molar-refractivity contribution in [3.63, 3.8) is 0 Å². The second-order valence-corrected chi connectivity index (χ2v) is 9.97. The second kappa shape index (κ2) is 15.1. The quantitative estimate of drug-likeness (QED) is 0.0677. The van der Waals surface area contributed by atoms with Crippen LogP contribution in [-0.2, 0) is 4.74 Å². The van der Waals surface area contributed by atoms with Gasteiger partial charge in [-0.05, 0) is 54.7 Å². The highest BCUT2D eigenvalue weighted by atomic mass is 127. The minimum atomic E-state index is -6.21. The summed E-state index contributed by atoms with van der Waals surface area (Å²) >= 11 is 1.70. The van der Waals surface area contributed by atoms with Gasteiger partial charge >= 0.3 is 18.2 Å². The average Bonchev–Trinajstić information content (AvgIpc) is 2.64. The standard InChI is InChI=1S/C21H35F8IO/c1-2-3-4-5-6-7-8-9-10-12-15-18(22,30)16-13-11-14-17-31-19(23,20(24,25)26)21(27,28)29/h2-17H2,1H3. The van der Waals surface area contributed by atoms with Crippen LogP contribution in [0.1, 0.15) is 103 Å². The minimum absolute atomic E-state index is 0.143. The Bertz CT molecular complexity index is 438. The molecular weight excluding hydrogens is 547 g/mol. The molecular formula is C21H35F8IO. The largest absolute Gasteiger partial charge is 0.458 e. The van der Waals surface area contributed by atoms with Crippen LogP contribution in [0.4, 0.5) is 35.1 Å². The normalized spacial score (nSPS) is 15.3. The van der Waals surface area contributed by atoms with Gasteiger partial charge in [-0.1, -0.05) is 71.1 Å². The van der Waals surface area contributed by atoms with E-state index >= 15 is 0 Å². The van der Waals surface area contributed by atoms with Crippen LogP contribution in [0.2, 0.25) is 0 Å². The summed E-state index contributed by atoms with van der Waals surface area (Å²) in [7, 11) is 0. The molecule has 10 heteroatoms. The third-order valence-electron chi connectivity index (χ3n) is 5.11. The predicted molar refractivity (Wildman–Crippen MR) is 115 cm³/mol. The Balaban J connectivity index is 3.87. The summed E-state index contributed by atoms with van der Waals surface area (Å²) in [6.07, 6.45) is -0.377. The van der Waals surface area contributed by atoms with Gasteiger partial charge in [-0.15, -0.1) is 0 Å². The lowest BCUT2D eigenvalue weighted by atomic mass is 10.0. The summed E-state index contributed by atoms with van der Waals surface area (Å²) in [6, 6.07) is 0. The molecule has 0 saturated heterocycles. The van der Waals surface area contributed by atoms with E-state index in [1.54, 1.807) is 22.6 Å². The number of hydrogen-bond acceptors (Lipinski definition) is 1. The molecule has 188 valence electrons. The lowest BCUT2D eigenvalue weighted by Crippen LogP contribution is -2.55. The summed E-state index contributed by atoms with van der Waals surface area (Å²) in [6.45, 7) is 1.13. The number of unbranched alkanes of at least 4 members (excludes halogenated alkanes) is 11. The molecule has 0 heterocycles. The topological polar surface area (TPSA) is 9.23 Å². The summed E-state index contributed by atoms with van der Waals surface area (Å²) in [4.78, 5) is 0. The van der Waals surface area contributed by atoms with Crippen molar-refractivity contribution in [3.05, 3.63) is 0 Å². The van der Waals surface area contributed by atoms with Gasteiger partial charge in [0.05, 0.1) is 6.61 Å². The number of alkyl halides is 9. The zero-order chi connectivity index (χ0) is 24.0. The van der Waals surface area contributed by atoms with E-state index in [9.17, 15) is 35.1 Å². The van der Waals surface area contributed by atoms with Crippen molar-refractivity contribution in [1.82, 2.24) is 0 Å². The highest BCUT2D eigenvalue weighted by Gasteiger charge is 2.74. The van der Waals surface area contributed by atoms with Gasteiger partial charge in [0.15, 0.2) is 3.68 Å². The molecule has 0 aliphatic heterocycles. The Labute approximate surface area is 194 Å². The molecule has 0 aliphatic rings. The van der Waals surface area contributed by atoms with Crippen LogP contribution in [0, 0.1) is 0 Å². The summed E-state index contributed by atoms with van der Waals surface area (Å²) < 4.78 is 104. The first-order chi connectivity index (χ1) is 14.3. The Kier molecular flexibility index (Phi) is 15.2. The Morgan fingerprint density at radius 3 is 1.29 bits per heavy atom. The lowest BCUT2D eigenvalue weighted by Gasteiger charge is -2.29. The lowest BCUT2D eigenvalue weighted by molar-refractivity contribution is -0.430. The maximum absolute atomic E-state index is 14.4. The fourth-order valence-electron chi connectivity index (χ4n) is 3.20. The molecule has 0 saturated carbocycles. The van der Waals surface area contributed by atoms with E-state index in [4.69, 9.17) is 0 Å². The molecule has 1 atom stereocenters. The fraction of sp³-hybridized carbons (Fsp3) is 1.00. The maximum Gasteiger partial charge on any atom is 0.458 e. The van der Waals surface area contributed by atoms with Crippen LogP contribution in [0.5, 0.6) is 0 Å². The highest BCUT2D eigenvalue weighted by Crippen LogP contribution is 2.47. The molecule has 0 N–H and O–H groups in total. The van der Waals surface area contributed by atoms with Gasteiger partial charge in [0.1, 0.15) is 0 Å². The van der Waals surface area contributed by atoms with Crippen LogP contribution < -0.4 is 0 Å². The molecule has 0 aromatic carbocycles. The average molecular weight is 582 g/mol. The van der Waals surface area contributed by atoms with E-state index in [1.165, 1.54) is 38.5 Å². The third kappa shape index (κ3) is 13.4. The monoisotopic (exact) mass is 582 g/mol. The summed E-state index contributed by atoms with van der Waals surface area (Å²) in [5, 5.41) is 0. The van der Waals surface area contributed by atoms with Crippen LogP contribution in [0.25, 0.3) is 0 Å². The number of halogens is 9. The SMILES string of the molecule is CCCCCCCCCCCCC(F)(I)CCCCCOC(F)(C(F)(F)F)C(F)(F)F. The molecule has 0 fully saturated rings. The predicted octanol–water partition coefficient (Wildman–Crippen LogP) is 9.77. The second-order valence-electron chi connectivity index (χ2n) is 8.04. The van der Waals surface area contributed by atoms with Crippen LogP contribution in [-0.4, -0.2) is 28.5 Å². The maximum atomic E-state index is 14.4. The van der Waals surface area contributed by atoms with Crippen LogP contribution in [0.3, 0.4) is 0 Å². The van der Waals surface area contributed by atoms with E-state index in [-0.39, 0.29) is 25.7 Å². The van der Waals surface area contributed by atoms with Crippen molar-refractivity contribution in [2.75, 3.05) is 6.61 Å². The van der Waals surface area contributed by atoms with Crippen molar-refractivity contribution in [2.45, 2.75) is 125 Å². The molecule has 0 spiro atoms. The van der Waals surface area contributed by atoms with Crippen molar-refractivity contribution < 1.29 is 39.9 Å². The van der Waals surface area contributed by atoms with E-state index in [1.807, 2.05) is 0 Å². The fourth-order valence-corrected chi connectivity index (χ4v) is 3.96. The van der Waals surface area contributed by atoms with E-state index in [2.05, 4.69) is 11.7 Å². The Morgan fingerprint density at radius 1 is 0.548 bits per heavy atom. The molecule has 0 aliphatic carbocycles. The van der Waals surface area contributed by atoms with Gasteiger partial charge < -0.3 is 4.74 Å². The zero-order valence-electron chi connectivity index (χ0n) is 18.1. The third-order valence-corrected chi connectivity index (χ3v) is 6.19. The molecule has 0 aromatic heterocycles.